The molecule has 2 fully saturated rings. The number of carboxylic acids is 1. The number of rotatable bonds is 30. The molecule has 0 bridgehead atoms. The number of aliphatic carboxylic acids is 1. The first kappa shape index (κ1) is 59.6. The fourth-order valence-electron chi connectivity index (χ4n) is 9.55. The molecule has 72 heavy (non-hydrogen) atoms. The van der Waals surface area contributed by atoms with E-state index >= 15 is 0 Å². The number of Topliss-reactive ketones (excluding diaryl/α,β-unsaturated/α-hetero) is 2. The molecule has 2 unspecified atom stereocenters. The van der Waals surface area contributed by atoms with Crippen LogP contribution in [0.25, 0.3) is 0 Å². The summed E-state index contributed by atoms with van der Waals surface area (Å²) in [4.78, 5) is 126. The smallest absolute Gasteiger partial charge is 0.306 e. The lowest BCUT2D eigenvalue weighted by Gasteiger charge is -2.37. The second-order valence-corrected chi connectivity index (χ2v) is 22.0. The molecule has 2 saturated heterocycles. The first-order valence-electron chi connectivity index (χ1n) is 25.5. The highest BCUT2D eigenvalue weighted by atomic mass is 32.2. The molecule has 8 atom stereocenters. The van der Waals surface area contributed by atoms with Crippen molar-refractivity contribution in [3.05, 3.63) is 51.5 Å². The third-order valence-corrected chi connectivity index (χ3v) is 16.1. The van der Waals surface area contributed by atoms with Crippen molar-refractivity contribution < 1.29 is 53.0 Å². The van der Waals surface area contributed by atoms with E-state index in [0.717, 1.165) is 49.1 Å². The van der Waals surface area contributed by atoms with Crippen molar-refractivity contribution in [2.24, 2.45) is 23.7 Å². The minimum atomic E-state index is -1.02. The van der Waals surface area contributed by atoms with Gasteiger partial charge in [0.1, 0.15) is 10.7 Å². The highest BCUT2D eigenvalue weighted by molar-refractivity contribution is 8.00. The van der Waals surface area contributed by atoms with Gasteiger partial charge in [-0.15, -0.1) is 11.3 Å². The number of thioether (sulfide) groups is 1. The third kappa shape index (κ3) is 17.9. The SMILES string of the molecule is CC[C@H](C)[C@H](CC(=O)[C@H]1CCCCN1C)C(=O)N(C)[C@H](C[C@@H](OC(C)=O)c1nc(C(=O)N[C@@H](Cc2ccc(CC(=O)CNC(=O)CCCCCN3C(=O)CC(SC)C3=O)cc2)CC(C)C(=O)O)cs1)C(C)C. The van der Waals surface area contributed by atoms with E-state index < -0.39 is 47.9 Å². The highest BCUT2D eigenvalue weighted by Crippen LogP contribution is 2.33. The van der Waals surface area contributed by atoms with Crippen LogP contribution < -0.4 is 10.6 Å². The summed E-state index contributed by atoms with van der Waals surface area (Å²) < 4.78 is 5.82. The van der Waals surface area contributed by atoms with Crippen LogP contribution >= 0.6 is 23.1 Å². The van der Waals surface area contributed by atoms with Gasteiger partial charge in [0.25, 0.3) is 5.91 Å². The Bertz CT molecular complexity index is 2200. The molecule has 5 amide bonds. The number of ketones is 2. The first-order chi connectivity index (χ1) is 34.1. The minimum absolute atomic E-state index is 0.0430. The lowest BCUT2D eigenvalue weighted by Crippen LogP contribution is -2.48. The zero-order chi connectivity index (χ0) is 53.2. The Balaban J connectivity index is 1.35. The Morgan fingerprint density at radius 3 is 2.29 bits per heavy atom. The maximum Gasteiger partial charge on any atom is 0.306 e. The Morgan fingerprint density at radius 1 is 0.986 bits per heavy atom. The monoisotopic (exact) mass is 1040 g/mol. The van der Waals surface area contributed by atoms with Crippen LogP contribution in [0.5, 0.6) is 0 Å². The van der Waals surface area contributed by atoms with E-state index in [9.17, 15) is 48.3 Å². The molecule has 398 valence electrons. The average molecular weight is 1040 g/mol. The number of carboxylic acid groups (broad SMARTS) is 1. The summed E-state index contributed by atoms with van der Waals surface area (Å²) in [7, 11) is 3.70. The van der Waals surface area contributed by atoms with E-state index in [-0.39, 0.29) is 116 Å². The Hall–Kier alpha value is -5.01. The van der Waals surface area contributed by atoms with Crippen LogP contribution in [0, 0.1) is 23.7 Å². The molecule has 0 saturated carbocycles. The molecule has 0 radical (unpaired) electrons. The summed E-state index contributed by atoms with van der Waals surface area (Å²) in [5.41, 5.74) is 1.57. The lowest BCUT2D eigenvalue weighted by molar-refractivity contribution is -0.150. The van der Waals surface area contributed by atoms with E-state index in [1.165, 1.54) is 23.6 Å². The second kappa shape index (κ2) is 29.0. The number of nitrogens with zero attached hydrogens (tertiary/aromatic N) is 4. The van der Waals surface area contributed by atoms with Gasteiger partial charge >= 0.3 is 11.9 Å². The quantitative estimate of drug-likeness (QED) is 0.0434. The number of aromatic nitrogens is 1. The van der Waals surface area contributed by atoms with Gasteiger partial charge < -0.3 is 25.4 Å². The van der Waals surface area contributed by atoms with Crippen LogP contribution in [-0.4, -0.2) is 141 Å². The van der Waals surface area contributed by atoms with Gasteiger partial charge in [-0.2, -0.15) is 11.8 Å². The number of imide groups is 1. The number of likely N-dealkylation sites (tertiary alicyclic amines) is 2. The number of benzene rings is 1. The lowest BCUT2D eigenvalue weighted by atomic mass is 9.83. The van der Waals surface area contributed by atoms with Gasteiger partial charge in [0.15, 0.2) is 17.7 Å². The summed E-state index contributed by atoms with van der Waals surface area (Å²) in [6.45, 7) is 11.9. The number of carbonyl (C=O) groups is 9. The number of esters is 1. The molecule has 1 aromatic heterocycles. The van der Waals surface area contributed by atoms with Crippen LogP contribution in [0.3, 0.4) is 0 Å². The first-order valence-corrected chi connectivity index (χ1v) is 27.7. The van der Waals surface area contributed by atoms with Gasteiger partial charge in [0.2, 0.25) is 23.6 Å². The van der Waals surface area contributed by atoms with Gasteiger partial charge in [-0.3, -0.25) is 53.0 Å². The molecule has 1 aromatic carbocycles. The largest absolute Gasteiger partial charge is 0.481 e. The van der Waals surface area contributed by atoms with E-state index in [2.05, 4.69) is 20.5 Å². The molecule has 19 heteroatoms. The number of thiazole rings is 1. The molecule has 0 spiro atoms. The van der Waals surface area contributed by atoms with Crippen molar-refractivity contribution in [2.45, 2.75) is 161 Å². The molecule has 2 aliphatic rings. The number of carbonyl (C=O) groups excluding carboxylic acids is 8. The zero-order valence-electron chi connectivity index (χ0n) is 43.7. The minimum Gasteiger partial charge on any atom is -0.481 e. The molecule has 17 nitrogen and oxygen atoms in total. The fraction of sp³-hybridized carbons (Fsp3) is 0.660. The Kier molecular flexibility index (Phi) is 24.0. The maximum atomic E-state index is 14.4. The van der Waals surface area contributed by atoms with Crippen LogP contribution in [0.2, 0.25) is 0 Å². The average Bonchev–Trinajstić information content (AvgIpc) is 3.94. The standard InChI is InChI=1S/C53H78N6O11S2/c1-10-33(4)40(27-44(62)42-16-13-15-22-57(42)7)51(66)58(8)43(32(2)3)28-45(70-35(6)60)50-56-41(31-72-50)49(65)55-38(24-34(5)53(68)69)25-36-18-20-37(21-19-36)26-39(61)30-54-47(63)17-12-11-14-23-59-48(64)29-46(71-9)52(59)67/h18-21,31-34,38,40,42-43,45-46H,10-17,22-30H2,1-9H3,(H,54,63)(H,55,65)(H,68,69)/t33-,34?,38+,40-,42+,43+,45+,46?/m0/s1. The number of hydrogen-bond acceptors (Lipinski definition) is 14. The third-order valence-electron chi connectivity index (χ3n) is 14.2. The number of likely N-dealkylation sites (N-methyl/N-ethyl adjacent to an activating group) is 1. The van der Waals surface area contributed by atoms with Crippen molar-refractivity contribution in [3.8, 4) is 0 Å². The van der Waals surface area contributed by atoms with E-state index in [1.807, 2.05) is 53.1 Å². The molecule has 0 aliphatic carbocycles. The number of amides is 5. The number of unbranched alkanes of at least 4 members (excludes halogenated alkanes) is 2. The molecule has 3 heterocycles. The Morgan fingerprint density at radius 2 is 1.68 bits per heavy atom. The van der Waals surface area contributed by atoms with Crippen LogP contribution in [-0.2, 0) is 55.9 Å². The number of piperidine rings is 1. The maximum absolute atomic E-state index is 14.4. The Labute approximate surface area is 433 Å². The van der Waals surface area contributed by atoms with Crippen LogP contribution in [0.1, 0.15) is 151 Å². The van der Waals surface area contributed by atoms with Gasteiger partial charge in [0.05, 0.1) is 23.8 Å². The topological polar surface area (TPSA) is 230 Å². The van der Waals surface area contributed by atoms with Crippen molar-refractivity contribution in [1.82, 2.24) is 30.3 Å². The van der Waals surface area contributed by atoms with Crippen molar-refractivity contribution in [1.29, 1.82) is 0 Å². The molecule has 4 rings (SSSR count). The molecular weight excluding hydrogens is 961 g/mol. The fourth-order valence-corrected chi connectivity index (χ4v) is 11.0. The van der Waals surface area contributed by atoms with Crippen LogP contribution in [0.4, 0.5) is 0 Å². The van der Waals surface area contributed by atoms with Gasteiger partial charge in [-0.25, -0.2) is 4.98 Å². The van der Waals surface area contributed by atoms with E-state index in [4.69, 9.17) is 4.74 Å². The number of nitrogens with one attached hydrogen (secondary N) is 2. The summed E-state index contributed by atoms with van der Waals surface area (Å²) in [6, 6.07) is 5.96. The molecule has 3 N–H and O–H groups in total. The van der Waals surface area contributed by atoms with Gasteiger partial charge in [-0.05, 0) is 81.3 Å². The number of hydrogen-bond donors (Lipinski definition) is 3. The number of ether oxygens (including phenoxy) is 1. The molecule has 2 aliphatic heterocycles. The predicted octanol–water partition coefficient (Wildman–Crippen LogP) is 6.46. The molecular formula is C53H78N6O11S2. The predicted molar refractivity (Wildman–Crippen MR) is 277 cm³/mol. The summed E-state index contributed by atoms with van der Waals surface area (Å²) in [5, 5.41) is 17.0. The van der Waals surface area contributed by atoms with Crippen molar-refractivity contribution in [2.75, 3.05) is 40.0 Å². The van der Waals surface area contributed by atoms with E-state index in [1.54, 1.807) is 36.4 Å². The molecule has 2 aromatic rings. The summed E-state index contributed by atoms with van der Waals surface area (Å²) in [5.74, 6) is -4.36. The zero-order valence-corrected chi connectivity index (χ0v) is 45.4. The summed E-state index contributed by atoms with van der Waals surface area (Å²) >= 11 is 2.52. The van der Waals surface area contributed by atoms with Crippen molar-refractivity contribution >= 4 is 76.1 Å². The van der Waals surface area contributed by atoms with E-state index in [0.29, 0.717) is 36.4 Å². The second-order valence-electron chi connectivity index (χ2n) is 20.1. The van der Waals surface area contributed by atoms with Crippen molar-refractivity contribution in [3.63, 3.8) is 0 Å². The van der Waals surface area contributed by atoms with Crippen LogP contribution in [0.15, 0.2) is 29.6 Å². The van der Waals surface area contributed by atoms with Gasteiger partial charge in [-0.1, -0.05) is 78.1 Å². The summed E-state index contributed by atoms with van der Waals surface area (Å²) in [6.07, 6.45) is 7.54. The van der Waals surface area contributed by atoms with Gasteiger partial charge in [0, 0.05) is 76.0 Å². The highest BCUT2D eigenvalue weighted by Gasteiger charge is 2.39. The normalized spacial score (nSPS) is 18.7.